The van der Waals surface area contributed by atoms with Gasteiger partial charge in [-0.2, -0.15) is 0 Å². The maximum absolute atomic E-state index is 14.7. The van der Waals surface area contributed by atoms with Gasteiger partial charge in [-0.25, -0.2) is 4.39 Å². The van der Waals surface area contributed by atoms with Crippen molar-refractivity contribution in [3.63, 3.8) is 0 Å². The van der Waals surface area contributed by atoms with E-state index in [2.05, 4.69) is 13.5 Å². The molecule has 0 N–H and O–H groups in total. The molecule has 0 spiro atoms. The first-order valence-electron chi connectivity index (χ1n) is 13.2. The molecule has 1 aromatic carbocycles. The Balaban J connectivity index is 1.26. The summed E-state index contributed by atoms with van der Waals surface area (Å²) in [6.07, 6.45) is 19.8. The number of hydrogen-bond donors (Lipinski definition) is 0. The third kappa shape index (κ3) is 5.74. The number of halogens is 1. The summed E-state index contributed by atoms with van der Waals surface area (Å²) < 4.78 is 20.2. The first kappa shape index (κ1) is 22.9. The number of rotatable bonds is 8. The Morgan fingerprint density at radius 1 is 0.935 bits per heavy atom. The van der Waals surface area contributed by atoms with Gasteiger partial charge in [0.25, 0.3) is 0 Å². The molecule has 3 saturated carbocycles. The Kier molecular flexibility index (Phi) is 8.13. The highest BCUT2D eigenvalue weighted by Gasteiger charge is 2.38. The summed E-state index contributed by atoms with van der Waals surface area (Å²) in [5.41, 5.74) is 0.901. The highest BCUT2D eigenvalue weighted by atomic mass is 19.1. The van der Waals surface area contributed by atoms with Gasteiger partial charge in [0.1, 0.15) is 18.2 Å². The zero-order valence-electron chi connectivity index (χ0n) is 19.7. The van der Waals surface area contributed by atoms with Crippen LogP contribution in [0.2, 0.25) is 0 Å². The van der Waals surface area contributed by atoms with Gasteiger partial charge in [-0.1, -0.05) is 51.3 Å². The standard InChI is InChI=1S/C29H43FO/c1-3-5-6-21-7-8-26-19-25(14-13-24(26)18-21)22-9-11-23(12-10-22)28-16-15-27(20-29(28)30)31-17-4-2/h4,15-16,20-26H,2-3,5-14,17-19H2,1H3. The molecule has 0 aliphatic heterocycles. The van der Waals surface area contributed by atoms with Gasteiger partial charge in [-0.15, -0.1) is 0 Å². The molecular formula is C29H43FO. The lowest BCUT2D eigenvalue weighted by Gasteiger charge is -2.45. The Bertz CT molecular complexity index is 705. The van der Waals surface area contributed by atoms with Gasteiger partial charge >= 0.3 is 0 Å². The van der Waals surface area contributed by atoms with Crippen molar-refractivity contribution in [2.75, 3.05) is 6.61 Å². The van der Waals surface area contributed by atoms with E-state index < -0.39 is 0 Å². The molecule has 0 amide bonds. The van der Waals surface area contributed by atoms with Crippen LogP contribution in [0.4, 0.5) is 4.39 Å². The molecule has 0 bridgehead atoms. The van der Waals surface area contributed by atoms with Crippen molar-refractivity contribution in [3.05, 3.63) is 42.2 Å². The van der Waals surface area contributed by atoms with Crippen molar-refractivity contribution >= 4 is 0 Å². The Labute approximate surface area is 189 Å². The molecule has 0 aromatic heterocycles. The molecule has 3 aliphatic carbocycles. The summed E-state index contributed by atoms with van der Waals surface area (Å²) >= 11 is 0. The van der Waals surface area contributed by atoms with Crippen LogP contribution < -0.4 is 4.74 Å². The fourth-order valence-electron chi connectivity index (χ4n) is 7.19. The topological polar surface area (TPSA) is 9.23 Å². The van der Waals surface area contributed by atoms with Gasteiger partial charge in [-0.3, -0.25) is 0 Å². The van der Waals surface area contributed by atoms with Gasteiger partial charge in [0, 0.05) is 6.07 Å². The molecule has 3 aliphatic rings. The Morgan fingerprint density at radius 3 is 2.32 bits per heavy atom. The Hall–Kier alpha value is -1.31. The summed E-state index contributed by atoms with van der Waals surface area (Å²) in [7, 11) is 0. The molecule has 1 aromatic rings. The lowest BCUT2D eigenvalue weighted by atomic mass is 9.60. The maximum Gasteiger partial charge on any atom is 0.130 e. The normalized spacial score (nSPS) is 33.5. The third-order valence-corrected chi connectivity index (χ3v) is 8.95. The number of fused-ring (bicyclic) bond motifs is 1. The minimum absolute atomic E-state index is 0.0923. The average Bonchev–Trinajstić information content (AvgIpc) is 2.81. The van der Waals surface area contributed by atoms with Crippen molar-refractivity contribution in [2.24, 2.45) is 29.6 Å². The molecule has 4 unspecified atom stereocenters. The fourth-order valence-corrected chi connectivity index (χ4v) is 7.19. The second-order valence-electron chi connectivity index (χ2n) is 10.8. The van der Waals surface area contributed by atoms with E-state index in [1.165, 1.54) is 70.6 Å². The van der Waals surface area contributed by atoms with Gasteiger partial charge in [-0.05, 0) is 105 Å². The first-order chi connectivity index (χ1) is 15.2. The SMILES string of the molecule is C=CCOc1ccc(C2CCC(C3CCC4CC(CCCC)CCC4C3)CC2)c(F)c1. The minimum Gasteiger partial charge on any atom is -0.489 e. The van der Waals surface area contributed by atoms with E-state index in [1.54, 1.807) is 12.1 Å². The average molecular weight is 427 g/mol. The molecule has 4 rings (SSSR count). The van der Waals surface area contributed by atoms with Crippen LogP contribution in [0.5, 0.6) is 5.75 Å². The summed E-state index contributed by atoms with van der Waals surface area (Å²) in [6, 6.07) is 5.44. The number of unbranched alkanes of at least 4 members (excludes halogenated alkanes) is 1. The van der Waals surface area contributed by atoms with Crippen molar-refractivity contribution in [3.8, 4) is 5.75 Å². The predicted octanol–water partition coefficient (Wildman–Crippen LogP) is 8.69. The number of benzene rings is 1. The van der Waals surface area contributed by atoms with Gasteiger partial charge < -0.3 is 4.74 Å². The second-order valence-corrected chi connectivity index (χ2v) is 10.8. The van der Waals surface area contributed by atoms with Crippen molar-refractivity contribution < 1.29 is 9.13 Å². The smallest absolute Gasteiger partial charge is 0.130 e. The summed E-state index contributed by atoms with van der Waals surface area (Å²) in [4.78, 5) is 0. The molecule has 4 atom stereocenters. The lowest BCUT2D eigenvalue weighted by molar-refractivity contribution is 0.0613. The fraction of sp³-hybridized carbons (Fsp3) is 0.724. The van der Waals surface area contributed by atoms with Gasteiger partial charge in [0.05, 0.1) is 0 Å². The van der Waals surface area contributed by atoms with Crippen LogP contribution in [0, 0.1) is 35.4 Å². The van der Waals surface area contributed by atoms with E-state index in [0.29, 0.717) is 18.3 Å². The quantitative estimate of drug-likeness (QED) is 0.378. The lowest BCUT2D eigenvalue weighted by Crippen LogP contribution is -2.34. The molecule has 172 valence electrons. The van der Waals surface area contributed by atoms with Crippen molar-refractivity contribution in [2.45, 2.75) is 96.3 Å². The van der Waals surface area contributed by atoms with Crippen LogP contribution >= 0.6 is 0 Å². The van der Waals surface area contributed by atoms with Crippen LogP contribution in [0.1, 0.15) is 102 Å². The molecular weight excluding hydrogens is 383 g/mol. The molecule has 0 radical (unpaired) electrons. The molecule has 1 nitrogen and oxygen atoms in total. The predicted molar refractivity (Wildman–Crippen MR) is 128 cm³/mol. The van der Waals surface area contributed by atoms with Gasteiger partial charge in [0.15, 0.2) is 0 Å². The molecule has 3 fully saturated rings. The number of ether oxygens (including phenoxy) is 1. The van der Waals surface area contributed by atoms with Crippen molar-refractivity contribution in [1.29, 1.82) is 0 Å². The van der Waals surface area contributed by atoms with E-state index in [4.69, 9.17) is 4.74 Å². The highest BCUT2D eigenvalue weighted by molar-refractivity contribution is 5.31. The van der Waals surface area contributed by atoms with Crippen LogP contribution in [-0.2, 0) is 0 Å². The van der Waals surface area contributed by atoms with E-state index >= 15 is 0 Å². The zero-order valence-corrected chi connectivity index (χ0v) is 19.7. The van der Waals surface area contributed by atoms with Crippen LogP contribution in [-0.4, -0.2) is 6.61 Å². The molecule has 2 heteroatoms. The Morgan fingerprint density at radius 2 is 1.61 bits per heavy atom. The van der Waals surface area contributed by atoms with E-state index in [9.17, 15) is 4.39 Å². The monoisotopic (exact) mass is 426 g/mol. The largest absolute Gasteiger partial charge is 0.489 e. The molecule has 0 heterocycles. The van der Waals surface area contributed by atoms with Crippen molar-refractivity contribution in [1.82, 2.24) is 0 Å². The summed E-state index contributed by atoms with van der Waals surface area (Å²) in [6.45, 7) is 6.40. The van der Waals surface area contributed by atoms with E-state index in [-0.39, 0.29) is 5.82 Å². The van der Waals surface area contributed by atoms with Gasteiger partial charge in [0.2, 0.25) is 0 Å². The van der Waals surface area contributed by atoms with E-state index in [0.717, 1.165) is 48.0 Å². The molecule has 0 saturated heterocycles. The second kappa shape index (κ2) is 11.0. The van der Waals surface area contributed by atoms with Crippen LogP contribution in [0.15, 0.2) is 30.9 Å². The summed E-state index contributed by atoms with van der Waals surface area (Å²) in [5.74, 6) is 5.78. The maximum atomic E-state index is 14.7. The van der Waals surface area contributed by atoms with E-state index in [1.807, 2.05) is 12.1 Å². The minimum atomic E-state index is -0.0923. The first-order valence-corrected chi connectivity index (χ1v) is 13.2. The third-order valence-electron chi connectivity index (χ3n) is 8.95. The molecule has 31 heavy (non-hydrogen) atoms. The van der Waals surface area contributed by atoms with Crippen LogP contribution in [0.25, 0.3) is 0 Å². The zero-order chi connectivity index (χ0) is 21.6. The van der Waals surface area contributed by atoms with Crippen LogP contribution in [0.3, 0.4) is 0 Å². The highest BCUT2D eigenvalue weighted by Crippen LogP contribution is 2.50. The summed E-state index contributed by atoms with van der Waals surface area (Å²) in [5, 5.41) is 0. The number of hydrogen-bond acceptors (Lipinski definition) is 1.